The minimum Gasteiger partial charge on any atom is -0.423 e. The molecule has 0 amide bonds. The van der Waals surface area contributed by atoms with Gasteiger partial charge in [0.1, 0.15) is 11.5 Å². The summed E-state index contributed by atoms with van der Waals surface area (Å²) in [7, 11) is 0. The van der Waals surface area contributed by atoms with Gasteiger partial charge in [-0.05, 0) is 166 Å². The summed E-state index contributed by atoms with van der Waals surface area (Å²) in [4.78, 5) is 34.9. The molecule has 0 aliphatic carbocycles. The summed E-state index contributed by atoms with van der Waals surface area (Å²) in [6.07, 6.45) is 3.48. The Bertz CT molecular complexity index is 1620. The molecular formula is C34H22I2N2O4. The summed E-state index contributed by atoms with van der Waals surface area (Å²) >= 11 is 4.49. The summed E-state index contributed by atoms with van der Waals surface area (Å²) in [5, 5.41) is 0. The highest BCUT2D eigenvalue weighted by molar-refractivity contribution is 14.1. The SMILES string of the molecule is O=C(Oc1ccc(C=Nc2ccc(I)cc2)cc1)c1ccccc1C(=O)Oc1ccc(C=Nc2ccc(I)cc2)cc1. The Morgan fingerprint density at radius 3 is 1.21 bits per heavy atom. The molecule has 0 spiro atoms. The number of esters is 2. The third-order valence-electron chi connectivity index (χ3n) is 5.93. The normalized spacial score (nSPS) is 11.1. The molecule has 0 aliphatic rings. The van der Waals surface area contributed by atoms with Gasteiger partial charge >= 0.3 is 11.9 Å². The van der Waals surface area contributed by atoms with Gasteiger partial charge < -0.3 is 9.47 Å². The van der Waals surface area contributed by atoms with Crippen molar-refractivity contribution in [2.24, 2.45) is 9.98 Å². The van der Waals surface area contributed by atoms with Crippen molar-refractivity contribution in [2.45, 2.75) is 0 Å². The fraction of sp³-hybridized carbons (Fsp3) is 0. The minimum absolute atomic E-state index is 0.105. The Hall–Kier alpha value is -4.16. The van der Waals surface area contributed by atoms with Crippen LogP contribution in [0, 0.1) is 7.14 Å². The molecule has 0 N–H and O–H groups in total. The molecule has 0 bridgehead atoms. The average molecular weight is 776 g/mol. The molecular weight excluding hydrogens is 754 g/mol. The second-order valence-corrected chi connectivity index (χ2v) is 11.4. The molecule has 0 aliphatic heterocycles. The first-order valence-electron chi connectivity index (χ1n) is 12.8. The summed E-state index contributed by atoms with van der Waals surface area (Å²) in [5.74, 6) is -0.635. The van der Waals surface area contributed by atoms with Crippen LogP contribution in [-0.4, -0.2) is 24.4 Å². The molecule has 42 heavy (non-hydrogen) atoms. The van der Waals surface area contributed by atoms with E-state index < -0.39 is 11.9 Å². The van der Waals surface area contributed by atoms with Crippen molar-refractivity contribution in [3.63, 3.8) is 0 Å². The predicted molar refractivity (Wildman–Crippen MR) is 182 cm³/mol. The summed E-state index contributed by atoms with van der Waals surface area (Å²) in [5.41, 5.74) is 3.60. The highest BCUT2D eigenvalue weighted by atomic mass is 127. The number of aliphatic imine (C=N–C) groups is 2. The van der Waals surface area contributed by atoms with E-state index in [4.69, 9.17) is 9.47 Å². The van der Waals surface area contributed by atoms with Crippen molar-refractivity contribution in [2.75, 3.05) is 0 Å². The van der Waals surface area contributed by atoms with E-state index in [-0.39, 0.29) is 11.1 Å². The molecule has 0 saturated carbocycles. The lowest BCUT2D eigenvalue weighted by Crippen LogP contribution is -2.17. The zero-order valence-corrected chi connectivity index (χ0v) is 26.3. The number of carbonyl (C=O) groups excluding carboxylic acids is 2. The largest absolute Gasteiger partial charge is 0.423 e. The second kappa shape index (κ2) is 14.1. The number of nitrogens with zero attached hydrogens (tertiary/aromatic N) is 2. The molecule has 8 heteroatoms. The molecule has 0 aromatic heterocycles. The average Bonchev–Trinajstić information content (AvgIpc) is 3.02. The van der Waals surface area contributed by atoms with Crippen LogP contribution < -0.4 is 9.47 Å². The van der Waals surface area contributed by atoms with Gasteiger partial charge in [0, 0.05) is 19.6 Å². The van der Waals surface area contributed by atoms with Crippen LogP contribution in [0.15, 0.2) is 131 Å². The van der Waals surface area contributed by atoms with E-state index in [0.29, 0.717) is 11.5 Å². The molecule has 206 valence electrons. The maximum absolute atomic E-state index is 13.0. The highest BCUT2D eigenvalue weighted by Gasteiger charge is 2.20. The van der Waals surface area contributed by atoms with Crippen molar-refractivity contribution in [1.82, 2.24) is 0 Å². The smallest absolute Gasteiger partial charge is 0.344 e. The third-order valence-corrected chi connectivity index (χ3v) is 7.37. The predicted octanol–water partition coefficient (Wildman–Crippen LogP) is 8.84. The Morgan fingerprint density at radius 1 is 0.500 bits per heavy atom. The van der Waals surface area contributed by atoms with Gasteiger partial charge in [-0.1, -0.05) is 12.1 Å². The van der Waals surface area contributed by atoms with Gasteiger partial charge in [0.15, 0.2) is 0 Å². The number of rotatable bonds is 8. The monoisotopic (exact) mass is 776 g/mol. The van der Waals surface area contributed by atoms with Crippen LogP contribution in [0.2, 0.25) is 0 Å². The van der Waals surface area contributed by atoms with Gasteiger partial charge in [-0.3, -0.25) is 9.98 Å². The van der Waals surface area contributed by atoms with Crippen LogP contribution in [0.25, 0.3) is 0 Å². The van der Waals surface area contributed by atoms with Crippen molar-refractivity contribution in [1.29, 1.82) is 0 Å². The fourth-order valence-electron chi connectivity index (χ4n) is 3.76. The van der Waals surface area contributed by atoms with E-state index in [1.165, 1.54) is 12.1 Å². The van der Waals surface area contributed by atoms with Crippen LogP contribution in [0.4, 0.5) is 11.4 Å². The number of carbonyl (C=O) groups is 2. The Labute approximate surface area is 270 Å². The van der Waals surface area contributed by atoms with Crippen LogP contribution in [0.1, 0.15) is 31.8 Å². The van der Waals surface area contributed by atoms with E-state index in [1.54, 1.807) is 73.1 Å². The first-order chi connectivity index (χ1) is 20.4. The first-order valence-corrected chi connectivity index (χ1v) is 14.9. The molecule has 0 heterocycles. The fourth-order valence-corrected chi connectivity index (χ4v) is 4.48. The van der Waals surface area contributed by atoms with E-state index in [0.717, 1.165) is 29.6 Å². The lowest BCUT2D eigenvalue weighted by Gasteiger charge is -2.10. The lowest BCUT2D eigenvalue weighted by molar-refractivity contribution is 0.0692. The van der Waals surface area contributed by atoms with E-state index in [2.05, 4.69) is 55.2 Å². The molecule has 5 aromatic carbocycles. The minimum atomic E-state index is -0.662. The molecule has 5 rings (SSSR count). The van der Waals surface area contributed by atoms with E-state index in [9.17, 15) is 9.59 Å². The maximum Gasteiger partial charge on any atom is 0.344 e. The van der Waals surface area contributed by atoms with Crippen LogP contribution >= 0.6 is 45.2 Å². The number of benzene rings is 5. The molecule has 0 unspecified atom stereocenters. The number of hydrogen-bond acceptors (Lipinski definition) is 6. The van der Waals surface area contributed by atoms with Gasteiger partial charge in [-0.15, -0.1) is 0 Å². The molecule has 0 radical (unpaired) electrons. The van der Waals surface area contributed by atoms with Crippen molar-refractivity contribution in [3.05, 3.63) is 151 Å². The third kappa shape index (κ3) is 8.20. The molecule has 0 fully saturated rings. The maximum atomic E-state index is 13.0. The van der Waals surface area contributed by atoms with E-state index in [1.807, 2.05) is 48.5 Å². The molecule has 6 nitrogen and oxygen atoms in total. The lowest BCUT2D eigenvalue weighted by atomic mass is 10.1. The van der Waals surface area contributed by atoms with Crippen LogP contribution in [-0.2, 0) is 0 Å². The topological polar surface area (TPSA) is 77.3 Å². The standard InChI is InChI=1S/C34H22I2N2O4/c35-25-9-13-27(14-10-25)37-21-23-5-17-29(18-6-23)41-33(39)31-3-1-2-4-32(31)34(40)42-30-19-7-24(8-20-30)22-38-28-15-11-26(36)12-16-28/h1-22H. The quantitative estimate of drug-likeness (QED) is 0.0684. The molecule has 5 aromatic rings. The van der Waals surface area contributed by atoms with Crippen molar-refractivity contribution < 1.29 is 19.1 Å². The van der Waals surface area contributed by atoms with Gasteiger partial charge in [0.05, 0.1) is 22.5 Å². The van der Waals surface area contributed by atoms with Crippen molar-refractivity contribution >= 4 is 80.9 Å². The Morgan fingerprint density at radius 2 is 0.857 bits per heavy atom. The number of hydrogen-bond donors (Lipinski definition) is 0. The zero-order valence-electron chi connectivity index (χ0n) is 22.0. The Balaban J connectivity index is 1.21. The number of ether oxygens (including phenoxy) is 2. The van der Waals surface area contributed by atoms with Gasteiger partial charge in [0.2, 0.25) is 0 Å². The van der Waals surface area contributed by atoms with Crippen LogP contribution in [0.5, 0.6) is 11.5 Å². The highest BCUT2D eigenvalue weighted by Crippen LogP contribution is 2.20. The molecule has 0 saturated heterocycles. The van der Waals surface area contributed by atoms with Gasteiger partial charge in [-0.25, -0.2) is 9.59 Å². The summed E-state index contributed by atoms with van der Waals surface area (Å²) < 4.78 is 13.4. The Kier molecular flexibility index (Phi) is 9.88. The van der Waals surface area contributed by atoms with Crippen molar-refractivity contribution in [3.8, 4) is 11.5 Å². The van der Waals surface area contributed by atoms with E-state index >= 15 is 0 Å². The zero-order chi connectivity index (χ0) is 29.3. The van der Waals surface area contributed by atoms with Gasteiger partial charge in [-0.2, -0.15) is 0 Å². The number of halogens is 2. The first kappa shape index (κ1) is 29.3. The second-order valence-electron chi connectivity index (χ2n) is 8.93. The molecule has 0 atom stereocenters. The van der Waals surface area contributed by atoms with Gasteiger partial charge in [0.25, 0.3) is 0 Å². The summed E-state index contributed by atoms with van der Waals surface area (Å²) in [6.45, 7) is 0. The summed E-state index contributed by atoms with van der Waals surface area (Å²) in [6, 6.07) is 36.0. The van der Waals surface area contributed by atoms with Crippen LogP contribution in [0.3, 0.4) is 0 Å².